The highest BCUT2D eigenvalue weighted by molar-refractivity contribution is 7.92. The van der Waals surface area contributed by atoms with Crippen molar-refractivity contribution in [3.63, 3.8) is 0 Å². The number of fused-ring (bicyclic) bond motifs is 2. The Bertz CT molecular complexity index is 3880. The molecule has 346 valence electrons. The number of azo groups is 3. The summed E-state index contributed by atoms with van der Waals surface area (Å²) < 4.78 is 134. The molecule has 0 amide bonds. The van der Waals surface area contributed by atoms with Crippen LogP contribution in [0.2, 0.25) is 0 Å². The van der Waals surface area contributed by atoms with Gasteiger partial charge in [-0.1, -0.05) is 18.2 Å². The highest BCUT2D eigenvalue weighted by Gasteiger charge is 2.29. The molecule has 0 radical (unpaired) electrons. The van der Waals surface area contributed by atoms with Crippen molar-refractivity contribution in [2.24, 2.45) is 30.7 Å². The summed E-state index contributed by atoms with van der Waals surface area (Å²) in [7, 11) is -19.9. The van der Waals surface area contributed by atoms with E-state index in [1.807, 2.05) is 0 Å². The number of nitrogens with zero attached hydrogens (tertiary/aromatic N) is 8. The third-order valence-corrected chi connectivity index (χ3v) is 13.5. The van der Waals surface area contributed by atoms with Crippen molar-refractivity contribution in [2.45, 2.75) is 19.6 Å². The normalized spacial score (nSPS) is 12.6. The van der Waals surface area contributed by atoms with E-state index < -0.39 is 106 Å². The minimum Gasteiger partial charge on any atom is -0.505 e. The van der Waals surface area contributed by atoms with Crippen LogP contribution in [0.15, 0.2) is 159 Å². The van der Waals surface area contributed by atoms with Crippen LogP contribution in [0.3, 0.4) is 0 Å². The number of phenols is 2. The van der Waals surface area contributed by atoms with Gasteiger partial charge >= 0.3 is 11.7 Å². The fourth-order valence-corrected chi connectivity index (χ4v) is 9.40. The number of nitrogens with two attached hydrogens (primary N) is 1. The lowest BCUT2D eigenvalue weighted by atomic mass is 10.1. The van der Waals surface area contributed by atoms with Gasteiger partial charge in [0, 0.05) is 23.2 Å². The van der Waals surface area contributed by atoms with E-state index >= 15 is 0 Å². The Morgan fingerprint density at radius 3 is 1.69 bits per heavy atom. The molecule has 68 heavy (non-hydrogen) atoms. The predicted octanol–water partition coefficient (Wildman–Crippen LogP) is 8.96. The molecular weight excluding hydrogens is 977 g/mol. The molecule has 0 unspecified atom stereocenters. The summed E-state index contributed by atoms with van der Waals surface area (Å²) in [6.45, 7) is 0. The number of hydrogen-bond donors (Lipinski definition) is 8. The molecule has 0 spiro atoms. The van der Waals surface area contributed by atoms with Gasteiger partial charge in [-0.25, -0.2) is 13.2 Å². The van der Waals surface area contributed by atoms with Crippen LogP contribution in [0.25, 0.3) is 26.5 Å². The number of phenolic OH excluding ortho intramolecular Hbond substituents is 2. The number of anilines is 2. The number of sulfonamides is 1. The molecular formula is C39H27N10O15S4+. The minimum absolute atomic E-state index is 0.0491. The monoisotopic (exact) mass is 1000 g/mol. The van der Waals surface area contributed by atoms with Crippen LogP contribution in [-0.2, 0) is 40.4 Å². The quantitative estimate of drug-likeness (QED) is 0.0231. The Kier molecular flexibility index (Phi) is 12.4. The molecule has 0 heterocycles. The van der Waals surface area contributed by atoms with E-state index in [4.69, 9.17) is 11.1 Å². The van der Waals surface area contributed by atoms with Gasteiger partial charge in [-0.3, -0.25) is 18.4 Å². The second-order valence-electron chi connectivity index (χ2n) is 13.9. The molecule has 0 aliphatic carbocycles. The van der Waals surface area contributed by atoms with E-state index in [0.717, 1.165) is 42.5 Å². The maximum atomic E-state index is 13.0. The lowest BCUT2D eigenvalue weighted by Crippen LogP contribution is -2.12. The molecule has 7 aromatic carbocycles. The van der Waals surface area contributed by atoms with Crippen LogP contribution in [0.1, 0.15) is 10.4 Å². The first kappa shape index (κ1) is 47.6. The summed E-state index contributed by atoms with van der Waals surface area (Å²) in [4.78, 5) is 11.3. The topological polar surface area (TPSA) is 415 Å². The fraction of sp³-hybridized carbons (Fsp3) is 0. The van der Waals surface area contributed by atoms with E-state index in [0.29, 0.717) is 12.1 Å². The van der Waals surface area contributed by atoms with Crippen LogP contribution >= 0.6 is 0 Å². The van der Waals surface area contributed by atoms with Crippen molar-refractivity contribution in [1.82, 2.24) is 0 Å². The lowest BCUT2D eigenvalue weighted by molar-refractivity contribution is 0.0697. The number of hydrogen-bond acceptors (Lipinski definition) is 19. The van der Waals surface area contributed by atoms with E-state index in [9.17, 15) is 67.4 Å². The molecule has 25 nitrogen and oxygen atoms in total. The molecule has 0 aliphatic rings. The number of nitrogens with one attached hydrogen (secondary N) is 1. The Morgan fingerprint density at radius 1 is 0.588 bits per heavy atom. The molecule has 0 saturated carbocycles. The molecule has 0 aliphatic heterocycles. The molecule has 0 atom stereocenters. The van der Waals surface area contributed by atoms with E-state index in [1.54, 1.807) is 0 Å². The van der Waals surface area contributed by atoms with Crippen molar-refractivity contribution in [2.75, 3.05) is 10.5 Å². The second kappa shape index (κ2) is 17.8. The molecule has 0 bridgehead atoms. The Labute approximate surface area is 382 Å². The number of nitrogen functional groups attached to an aromatic ring is 1. The average molecular weight is 1000 g/mol. The number of carbonyl (C=O) groups is 1. The van der Waals surface area contributed by atoms with Gasteiger partial charge in [0.05, 0.1) is 32.9 Å². The molecule has 9 N–H and O–H groups in total. The summed E-state index contributed by atoms with van der Waals surface area (Å²) in [5, 5.41) is 62.6. The molecule has 0 fully saturated rings. The van der Waals surface area contributed by atoms with Gasteiger partial charge < -0.3 is 21.1 Å². The van der Waals surface area contributed by atoms with Crippen molar-refractivity contribution in [1.29, 1.82) is 5.39 Å². The summed E-state index contributed by atoms with van der Waals surface area (Å²) in [6.07, 6.45) is 0. The van der Waals surface area contributed by atoms with Crippen LogP contribution < -0.4 is 10.5 Å². The molecule has 0 aromatic heterocycles. The van der Waals surface area contributed by atoms with Gasteiger partial charge in [0.15, 0.2) is 16.5 Å². The molecule has 7 rings (SSSR count). The summed E-state index contributed by atoms with van der Waals surface area (Å²) in [6, 6.07) is 20.7. The summed E-state index contributed by atoms with van der Waals surface area (Å²) in [5.74, 6) is -3.47. The summed E-state index contributed by atoms with van der Waals surface area (Å²) in [5.41, 5.74) is 2.29. The van der Waals surface area contributed by atoms with E-state index in [2.05, 4.69) is 40.4 Å². The maximum Gasteiger partial charge on any atom is 0.385 e. The average Bonchev–Trinajstić information content (AvgIpc) is 3.27. The highest BCUT2D eigenvalue weighted by atomic mass is 32.2. The third kappa shape index (κ3) is 9.76. The first-order valence-corrected chi connectivity index (χ1v) is 24.2. The number of diazo groups is 1. The first-order valence-electron chi connectivity index (χ1n) is 18.4. The fourth-order valence-electron chi connectivity index (χ4n) is 6.35. The zero-order valence-electron chi connectivity index (χ0n) is 33.5. The lowest BCUT2D eigenvalue weighted by Gasteiger charge is -2.14. The van der Waals surface area contributed by atoms with Crippen LogP contribution in [0.4, 0.5) is 51.2 Å². The standard InChI is InChI=1S/C39H26N10O15S4/c40-33-32-20(16-29(66(56,57)58)34(33)46-43-22-11-13-25(14-12-22)65(54,55)49-23-9-7-21(42-41)8-10-23)17-31(68(62,63)64)36(38(32)51)47-44-24-6-5-19-15-30(67(59,60)61)35(37(50)27(19)18-24)48-45-28-4-2-1-3-26(28)39(52)53/h1-18,41,49H,(H6,40,43,51,52,53,56,57,58,59,60,61,62,63,64)/p+1. The van der Waals surface area contributed by atoms with Gasteiger partial charge in [0.1, 0.15) is 37.4 Å². The van der Waals surface area contributed by atoms with E-state index in [1.165, 1.54) is 54.6 Å². The maximum absolute atomic E-state index is 13.0. The molecule has 0 saturated heterocycles. The predicted molar refractivity (Wildman–Crippen MR) is 239 cm³/mol. The van der Waals surface area contributed by atoms with Crippen molar-refractivity contribution < 1.29 is 67.4 Å². The first-order chi connectivity index (χ1) is 31.9. The van der Waals surface area contributed by atoms with Gasteiger partial charge in [-0.05, 0) is 89.6 Å². The van der Waals surface area contributed by atoms with Crippen molar-refractivity contribution in [3.05, 3.63) is 120 Å². The smallest absolute Gasteiger partial charge is 0.385 e. The van der Waals surface area contributed by atoms with Crippen molar-refractivity contribution in [3.8, 4) is 11.5 Å². The third-order valence-electron chi connectivity index (χ3n) is 9.49. The molecule has 7 aromatic rings. The van der Waals surface area contributed by atoms with Gasteiger partial charge in [0.2, 0.25) is 5.39 Å². The number of benzene rings is 7. The Balaban J connectivity index is 1.30. The highest BCUT2D eigenvalue weighted by Crippen LogP contribution is 2.49. The Hall–Kier alpha value is -8.37. The molecule has 29 heteroatoms. The zero-order chi connectivity index (χ0) is 49.5. The van der Waals surface area contributed by atoms with Gasteiger partial charge in [0.25, 0.3) is 40.4 Å². The summed E-state index contributed by atoms with van der Waals surface area (Å²) >= 11 is 0. The number of aromatic carboxylic acids is 1. The number of carboxylic acids is 1. The minimum atomic E-state index is -5.36. The largest absolute Gasteiger partial charge is 0.505 e. The zero-order valence-corrected chi connectivity index (χ0v) is 36.8. The second-order valence-corrected chi connectivity index (χ2v) is 19.7. The number of rotatable bonds is 13. The SMILES string of the molecule is N#[N+]c1ccc(NS(=O)(=O)c2ccc(N=Nc3c(S(=O)(=O)O)cc4cc(S(=O)(=O)O)c(N=Nc5ccc6cc(S(=O)(=O)O)c(N=Nc7ccccc7C(=O)O)c(O)c6c5)c(O)c4c3N)cc2)cc1. The van der Waals surface area contributed by atoms with Gasteiger partial charge in [-0.2, -0.15) is 35.5 Å². The van der Waals surface area contributed by atoms with E-state index in [-0.39, 0.29) is 49.7 Å². The number of carboxylic acid groups (broad SMARTS) is 1. The van der Waals surface area contributed by atoms with Crippen LogP contribution in [0.5, 0.6) is 11.5 Å². The number of aromatic hydroxyl groups is 2. The van der Waals surface area contributed by atoms with Crippen LogP contribution in [-0.4, -0.2) is 68.6 Å². The Morgan fingerprint density at radius 2 is 1.10 bits per heavy atom. The van der Waals surface area contributed by atoms with Crippen LogP contribution in [0, 0.1) is 5.39 Å². The van der Waals surface area contributed by atoms with Gasteiger partial charge in [-0.15, -0.1) is 20.5 Å². The van der Waals surface area contributed by atoms with Crippen molar-refractivity contribution >= 4 is 119 Å².